The smallest absolute Gasteiger partial charge is 0.119 e. The van der Waals surface area contributed by atoms with E-state index in [1.54, 1.807) is 0 Å². The van der Waals surface area contributed by atoms with Crippen LogP contribution in [0.2, 0.25) is 0 Å². The normalized spacial score (nSPS) is 10.4. The molecule has 0 spiro atoms. The maximum Gasteiger partial charge on any atom is 0.119 e. The summed E-state index contributed by atoms with van der Waals surface area (Å²) in [5.74, 6) is 1.99. The molecule has 0 aromatic heterocycles. The zero-order valence-electron chi connectivity index (χ0n) is 10.1. The summed E-state index contributed by atoms with van der Waals surface area (Å²) < 4.78 is 5.67. The summed E-state index contributed by atoms with van der Waals surface area (Å²) in [5, 5.41) is 0. The van der Waals surface area contributed by atoms with Crippen LogP contribution in [0.25, 0.3) is 0 Å². The fraction of sp³-hybridized carbons (Fsp3) is 0.571. The van der Waals surface area contributed by atoms with Crippen LogP contribution < -0.4 is 4.74 Å². The van der Waals surface area contributed by atoms with Gasteiger partial charge in [0.25, 0.3) is 0 Å². The molecule has 0 unspecified atom stereocenters. The zero-order chi connectivity index (χ0) is 11.6. The van der Waals surface area contributed by atoms with E-state index in [1.165, 1.54) is 24.8 Å². The lowest BCUT2D eigenvalue weighted by Crippen LogP contribution is -1.97. The van der Waals surface area contributed by atoms with E-state index in [1.807, 2.05) is 0 Å². The van der Waals surface area contributed by atoms with Gasteiger partial charge in [0.1, 0.15) is 5.75 Å². The van der Waals surface area contributed by atoms with Crippen molar-refractivity contribution in [2.45, 2.75) is 39.0 Å². The summed E-state index contributed by atoms with van der Waals surface area (Å²) in [4.78, 5) is 0. The molecule has 2 heteroatoms. The number of unbranched alkanes of at least 4 members (excludes halogenated alkanes) is 3. The number of rotatable bonds is 8. The van der Waals surface area contributed by atoms with Crippen LogP contribution in [0.4, 0.5) is 0 Å². The van der Waals surface area contributed by atoms with Crippen LogP contribution in [-0.4, -0.2) is 12.4 Å². The summed E-state index contributed by atoms with van der Waals surface area (Å²) >= 11 is 4.19. The van der Waals surface area contributed by atoms with Gasteiger partial charge < -0.3 is 4.74 Å². The first-order valence-electron chi connectivity index (χ1n) is 6.19. The Kier molecular flexibility index (Phi) is 7.15. The summed E-state index contributed by atoms with van der Waals surface area (Å²) in [6, 6.07) is 8.39. The minimum absolute atomic E-state index is 0.831. The second-order valence-corrected chi connectivity index (χ2v) is 4.43. The number of hydrogen-bond acceptors (Lipinski definition) is 2. The monoisotopic (exact) mass is 238 g/mol. The number of aryl methyl sites for hydroxylation is 1. The molecule has 90 valence electrons. The SMILES string of the molecule is CCc1ccc(OCCCCCCS)cc1. The predicted molar refractivity (Wildman–Crippen MR) is 73.6 cm³/mol. The molecule has 0 aliphatic carbocycles. The van der Waals surface area contributed by atoms with Gasteiger partial charge in [0.05, 0.1) is 6.61 Å². The Labute approximate surface area is 105 Å². The van der Waals surface area contributed by atoms with Crippen molar-refractivity contribution in [2.75, 3.05) is 12.4 Å². The Bertz CT molecular complexity index is 269. The average molecular weight is 238 g/mol. The van der Waals surface area contributed by atoms with Gasteiger partial charge in [-0.3, -0.25) is 0 Å². The van der Waals surface area contributed by atoms with Gasteiger partial charge in [-0.2, -0.15) is 12.6 Å². The molecule has 0 amide bonds. The van der Waals surface area contributed by atoms with Gasteiger partial charge in [0, 0.05) is 0 Å². The average Bonchev–Trinajstić information content (AvgIpc) is 2.34. The third-order valence-electron chi connectivity index (χ3n) is 2.65. The van der Waals surface area contributed by atoms with Crippen molar-refractivity contribution in [2.24, 2.45) is 0 Å². The van der Waals surface area contributed by atoms with Crippen LogP contribution in [0.15, 0.2) is 24.3 Å². The molecule has 0 N–H and O–H groups in total. The minimum atomic E-state index is 0.831. The second kappa shape index (κ2) is 8.51. The highest BCUT2D eigenvalue weighted by Crippen LogP contribution is 2.13. The summed E-state index contributed by atoms with van der Waals surface area (Å²) in [6.45, 7) is 3.00. The Morgan fingerprint density at radius 1 is 1.00 bits per heavy atom. The van der Waals surface area contributed by atoms with Crippen molar-refractivity contribution in [3.05, 3.63) is 29.8 Å². The lowest BCUT2D eigenvalue weighted by molar-refractivity contribution is 0.305. The van der Waals surface area contributed by atoms with E-state index in [0.29, 0.717) is 0 Å². The number of benzene rings is 1. The fourth-order valence-corrected chi connectivity index (χ4v) is 1.80. The summed E-state index contributed by atoms with van der Waals surface area (Å²) in [7, 11) is 0. The van der Waals surface area contributed by atoms with Crippen LogP contribution in [0.3, 0.4) is 0 Å². The highest BCUT2D eigenvalue weighted by molar-refractivity contribution is 7.80. The molecule has 1 nitrogen and oxygen atoms in total. The Balaban J connectivity index is 2.12. The molecule has 0 heterocycles. The first kappa shape index (κ1) is 13.4. The van der Waals surface area contributed by atoms with Crippen molar-refractivity contribution >= 4 is 12.6 Å². The van der Waals surface area contributed by atoms with Crippen molar-refractivity contribution in [3.63, 3.8) is 0 Å². The maximum absolute atomic E-state index is 5.67. The number of ether oxygens (including phenoxy) is 1. The third-order valence-corrected chi connectivity index (χ3v) is 2.97. The van der Waals surface area contributed by atoms with Gasteiger partial charge in [-0.1, -0.05) is 31.9 Å². The van der Waals surface area contributed by atoms with E-state index in [9.17, 15) is 0 Å². The first-order valence-corrected chi connectivity index (χ1v) is 6.82. The standard InChI is InChI=1S/C14H22OS/c1-2-13-7-9-14(10-8-13)15-11-5-3-4-6-12-16/h7-10,16H,2-6,11-12H2,1H3. The molecule has 1 rings (SSSR count). The number of thiol groups is 1. The predicted octanol–water partition coefficient (Wildman–Crippen LogP) is 4.12. The summed E-state index contributed by atoms with van der Waals surface area (Å²) in [5.41, 5.74) is 1.36. The van der Waals surface area contributed by atoms with E-state index in [2.05, 4.69) is 43.8 Å². The largest absolute Gasteiger partial charge is 0.494 e. The molecule has 0 radical (unpaired) electrons. The van der Waals surface area contributed by atoms with Crippen LogP contribution in [0.5, 0.6) is 5.75 Å². The fourth-order valence-electron chi connectivity index (χ4n) is 1.58. The van der Waals surface area contributed by atoms with Gasteiger partial charge in [-0.25, -0.2) is 0 Å². The third kappa shape index (κ3) is 5.45. The molecule has 0 saturated carbocycles. The molecule has 16 heavy (non-hydrogen) atoms. The van der Waals surface area contributed by atoms with Crippen molar-refractivity contribution in [1.29, 1.82) is 0 Å². The molecule has 0 saturated heterocycles. The molecule has 0 aliphatic rings. The highest BCUT2D eigenvalue weighted by Gasteiger charge is 1.94. The molecule has 0 aliphatic heterocycles. The Morgan fingerprint density at radius 2 is 1.69 bits per heavy atom. The Morgan fingerprint density at radius 3 is 2.31 bits per heavy atom. The Hall–Kier alpha value is -0.630. The molecule has 0 bridgehead atoms. The van der Waals surface area contributed by atoms with Crippen LogP contribution in [0.1, 0.15) is 38.2 Å². The lowest BCUT2D eigenvalue weighted by atomic mass is 10.2. The van der Waals surface area contributed by atoms with Gasteiger partial charge in [-0.05, 0) is 42.7 Å². The van der Waals surface area contributed by atoms with Gasteiger partial charge in [-0.15, -0.1) is 0 Å². The molecular formula is C14H22OS. The van der Waals surface area contributed by atoms with E-state index >= 15 is 0 Å². The molecule has 0 fully saturated rings. The van der Waals surface area contributed by atoms with E-state index in [4.69, 9.17) is 4.74 Å². The topological polar surface area (TPSA) is 9.23 Å². The van der Waals surface area contributed by atoms with E-state index < -0.39 is 0 Å². The van der Waals surface area contributed by atoms with Crippen molar-refractivity contribution < 1.29 is 4.74 Å². The van der Waals surface area contributed by atoms with Crippen LogP contribution >= 0.6 is 12.6 Å². The maximum atomic E-state index is 5.67. The molecule has 1 aromatic rings. The van der Waals surface area contributed by atoms with Gasteiger partial charge >= 0.3 is 0 Å². The van der Waals surface area contributed by atoms with E-state index in [-0.39, 0.29) is 0 Å². The molecular weight excluding hydrogens is 216 g/mol. The highest BCUT2D eigenvalue weighted by atomic mass is 32.1. The summed E-state index contributed by atoms with van der Waals surface area (Å²) in [6.07, 6.45) is 5.96. The lowest BCUT2D eigenvalue weighted by Gasteiger charge is -2.06. The van der Waals surface area contributed by atoms with Crippen molar-refractivity contribution in [1.82, 2.24) is 0 Å². The van der Waals surface area contributed by atoms with Crippen LogP contribution in [-0.2, 0) is 6.42 Å². The number of hydrogen-bond donors (Lipinski definition) is 1. The molecule has 1 aromatic carbocycles. The zero-order valence-corrected chi connectivity index (χ0v) is 11.0. The molecule has 0 atom stereocenters. The minimum Gasteiger partial charge on any atom is -0.494 e. The van der Waals surface area contributed by atoms with Crippen LogP contribution in [0, 0.1) is 0 Å². The van der Waals surface area contributed by atoms with Crippen molar-refractivity contribution in [3.8, 4) is 5.75 Å². The van der Waals surface area contributed by atoms with Gasteiger partial charge in [0.15, 0.2) is 0 Å². The quantitative estimate of drug-likeness (QED) is 0.529. The second-order valence-electron chi connectivity index (χ2n) is 3.98. The van der Waals surface area contributed by atoms with Gasteiger partial charge in [0.2, 0.25) is 0 Å². The van der Waals surface area contributed by atoms with E-state index in [0.717, 1.165) is 31.0 Å². The first-order chi connectivity index (χ1) is 7.86.